The molecule has 0 saturated carbocycles. The van der Waals surface area contributed by atoms with Crippen LogP contribution in [0.2, 0.25) is 0 Å². The number of benzene rings is 1. The van der Waals surface area contributed by atoms with Gasteiger partial charge >= 0.3 is 12.2 Å². The first-order valence-corrected chi connectivity index (χ1v) is 7.23. The van der Waals surface area contributed by atoms with E-state index in [4.69, 9.17) is 4.84 Å². The number of urea groups is 1. The van der Waals surface area contributed by atoms with E-state index in [0.717, 1.165) is 17.1 Å². The fraction of sp³-hybridized carbons (Fsp3) is 0.231. The molecule has 0 aliphatic carbocycles. The van der Waals surface area contributed by atoms with Crippen molar-refractivity contribution in [3.05, 3.63) is 41.6 Å². The number of alkyl halides is 3. The van der Waals surface area contributed by atoms with Crippen LogP contribution in [0.15, 0.2) is 30.5 Å². The van der Waals surface area contributed by atoms with Crippen molar-refractivity contribution in [3.63, 3.8) is 0 Å². The van der Waals surface area contributed by atoms with E-state index in [1.165, 1.54) is 42.3 Å². The highest BCUT2D eigenvalue weighted by atomic mass is 32.1. The summed E-state index contributed by atoms with van der Waals surface area (Å²) in [5, 5.41) is 6.05. The van der Waals surface area contributed by atoms with E-state index in [2.05, 4.69) is 15.6 Å². The van der Waals surface area contributed by atoms with Gasteiger partial charge in [0.1, 0.15) is 6.20 Å². The molecule has 0 aliphatic rings. The molecule has 124 valence electrons. The maximum Gasteiger partial charge on any atom is 0.416 e. The van der Waals surface area contributed by atoms with Crippen LogP contribution in [-0.4, -0.2) is 18.1 Å². The number of nitrogens with zero attached hydrogens (tertiary/aromatic N) is 1. The Bertz CT molecular complexity index is 675. The van der Waals surface area contributed by atoms with Crippen LogP contribution >= 0.6 is 11.3 Å². The van der Waals surface area contributed by atoms with Gasteiger partial charge in [-0.15, -0.1) is 0 Å². The summed E-state index contributed by atoms with van der Waals surface area (Å²) in [6.45, 7) is -0.0296. The molecule has 0 spiro atoms. The molecule has 0 bridgehead atoms. The van der Waals surface area contributed by atoms with Gasteiger partial charge in [0.2, 0.25) is 5.00 Å². The number of thiazole rings is 1. The molecular formula is C13H14F3N4O2S+. The van der Waals surface area contributed by atoms with Gasteiger partial charge in [-0.2, -0.15) is 18.7 Å². The van der Waals surface area contributed by atoms with Crippen molar-refractivity contribution in [2.75, 3.05) is 12.4 Å². The van der Waals surface area contributed by atoms with Crippen LogP contribution in [0, 0.1) is 0 Å². The minimum Gasteiger partial charge on any atom is -0.334 e. The molecule has 2 aromatic rings. The van der Waals surface area contributed by atoms with Crippen LogP contribution in [-0.2, 0) is 17.6 Å². The Balaban J connectivity index is 1.89. The SMILES string of the molecule is CO[NH2+]c1cnc(NC(=O)NCc2cccc(C(F)(F)F)c2)s1. The highest BCUT2D eigenvalue weighted by molar-refractivity contribution is 7.18. The summed E-state index contributed by atoms with van der Waals surface area (Å²) in [7, 11) is 1.49. The lowest BCUT2D eigenvalue weighted by molar-refractivity contribution is -0.827. The maximum atomic E-state index is 12.6. The Morgan fingerprint density at radius 2 is 2.22 bits per heavy atom. The molecule has 2 rings (SSSR count). The fourth-order valence-electron chi connectivity index (χ4n) is 1.70. The smallest absolute Gasteiger partial charge is 0.334 e. The van der Waals surface area contributed by atoms with E-state index < -0.39 is 17.8 Å². The number of carbonyl (C=O) groups excluding carboxylic acids is 1. The molecule has 0 unspecified atom stereocenters. The molecule has 1 aromatic carbocycles. The molecule has 0 atom stereocenters. The van der Waals surface area contributed by atoms with Crippen molar-refractivity contribution < 1.29 is 28.3 Å². The number of quaternary nitrogens is 1. The third-order valence-corrected chi connectivity index (χ3v) is 3.52. The summed E-state index contributed by atoms with van der Waals surface area (Å²) in [5.41, 5.74) is 1.07. The summed E-state index contributed by atoms with van der Waals surface area (Å²) in [4.78, 5) is 20.5. The van der Waals surface area contributed by atoms with Gasteiger partial charge in [-0.05, 0) is 29.0 Å². The molecule has 1 aromatic heterocycles. The topological polar surface area (TPSA) is 79.9 Å². The highest BCUT2D eigenvalue weighted by Crippen LogP contribution is 2.29. The van der Waals surface area contributed by atoms with Crippen molar-refractivity contribution in [2.24, 2.45) is 0 Å². The van der Waals surface area contributed by atoms with Gasteiger partial charge in [-0.25, -0.2) is 14.6 Å². The van der Waals surface area contributed by atoms with Crippen molar-refractivity contribution in [1.29, 1.82) is 0 Å². The monoisotopic (exact) mass is 347 g/mol. The standard InChI is InChI=1S/C13H13F3N4O2S/c1-22-20-10-7-18-12(23-10)19-11(21)17-6-8-3-2-4-9(5-8)13(14,15)16/h2-5,7,20H,6H2,1H3,(H2,17,18,19,21)/p+1. The van der Waals surface area contributed by atoms with Gasteiger partial charge in [-0.1, -0.05) is 12.1 Å². The third-order valence-electron chi connectivity index (χ3n) is 2.69. The minimum absolute atomic E-state index is 0.0296. The normalized spacial score (nSPS) is 11.3. The van der Waals surface area contributed by atoms with Crippen molar-refractivity contribution in [2.45, 2.75) is 12.7 Å². The molecule has 6 nitrogen and oxygen atoms in total. The molecule has 4 N–H and O–H groups in total. The van der Waals surface area contributed by atoms with E-state index in [-0.39, 0.29) is 6.54 Å². The lowest BCUT2D eigenvalue weighted by Crippen LogP contribution is -2.75. The lowest BCUT2D eigenvalue weighted by Gasteiger charge is -2.09. The number of halogens is 3. The van der Waals surface area contributed by atoms with E-state index in [0.29, 0.717) is 10.7 Å². The van der Waals surface area contributed by atoms with Gasteiger partial charge in [0.25, 0.3) is 0 Å². The predicted octanol–water partition coefficient (Wildman–Crippen LogP) is 2.24. The number of nitrogens with one attached hydrogen (secondary N) is 2. The molecule has 2 amide bonds. The Morgan fingerprint density at radius 1 is 1.43 bits per heavy atom. The number of hydrogen-bond acceptors (Lipinski definition) is 4. The molecular weight excluding hydrogens is 333 g/mol. The number of carbonyl (C=O) groups is 1. The van der Waals surface area contributed by atoms with E-state index in [1.807, 2.05) is 0 Å². The quantitative estimate of drug-likeness (QED) is 0.726. The van der Waals surface area contributed by atoms with Crippen molar-refractivity contribution in [3.8, 4) is 0 Å². The Morgan fingerprint density at radius 3 is 2.91 bits per heavy atom. The molecule has 10 heteroatoms. The van der Waals surface area contributed by atoms with Crippen LogP contribution in [0.25, 0.3) is 0 Å². The Hall–Kier alpha value is -2.17. The van der Waals surface area contributed by atoms with Crippen molar-refractivity contribution >= 4 is 27.5 Å². The lowest BCUT2D eigenvalue weighted by atomic mass is 10.1. The molecule has 23 heavy (non-hydrogen) atoms. The van der Waals surface area contributed by atoms with E-state index in [1.54, 1.807) is 0 Å². The zero-order valence-electron chi connectivity index (χ0n) is 12.0. The number of nitrogens with two attached hydrogens (primary N) is 1. The van der Waals surface area contributed by atoms with Crippen LogP contribution < -0.4 is 16.1 Å². The zero-order chi connectivity index (χ0) is 16.9. The Kier molecular flexibility index (Phi) is 5.53. The zero-order valence-corrected chi connectivity index (χ0v) is 12.8. The maximum absolute atomic E-state index is 12.6. The highest BCUT2D eigenvalue weighted by Gasteiger charge is 2.30. The molecule has 0 saturated heterocycles. The average Bonchev–Trinajstić information content (AvgIpc) is 2.92. The second-order valence-corrected chi connectivity index (χ2v) is 5.49. The molecule has 0 radical (unpaired) electrons. The fourth-order valence-corrected chi connectivity index (χ4v) is 2.42. The third kappa shape index (κ3) is 5.20. The summed E-state index contributed by atoms with van der Waals surface area (Å²) in [6.07, 6.45) is -2.88. The van der Waals surface area contributed by atoms with E-state index >= 15 is 0 Å². The van der Waals surface area contributed by atoms with Crippen LogP contribution in [0.4, 0.5) is 28.1 Å². The van der Waals surface area contributed by atoms with Crippen LogP contribution in [0.5, 0.6) is 0 Å². The molecule has 1 heterocycles. The summed E-state index contributed by atoms with van der Waals surface area (Å²) < 4.78 is 37.8. The summed E-state index contributed by atoms with van der Waals surface area (Å²) in [6, 6.07) is 4.22. The van der Waals surface area contributed by atoms with E-state index in [9.17, 15) is 18.0 Å². The number of anilines is 1. The van der Waals surface area contributed by atoms with Gasteiger partial charge in [0.05, 0.1) is 12.7 Å². The second-order valence-electron chi connectivity index (χ2n) is 4.43. The molecule has 0 aliphatic heterocycles. The predicted molar refractivity (Wildman–Crippen MR) is 78.0 cm³/mol. The summed E-state index contributed by atoms with van der Waals surface area (Å²) in [5.74, 6) is 0. The van der Waals surface area contributed by atoms with Gasteiger partial charge in [0.15, 0.2) is 5.13 Å². The number of amides is 2. The van der Waals surface area contributed by atoms with Crippen LogP contribution in [0.1, 0.15) is 11.1 Å². The van der Waals surface area contributed by atoms with Crippen molar-refractivity contribution in [1.82, 2.24) is 10.3 Å². The van der Waals surface area contributed by atoms with Gasteiger partial charge in [0, 0.05) is 6.54 Å². The first-order valence-electron chi connectivity index (χ1n) is 6.41. The summed E-state index contributed by atoms with van der Waals surface area (Å²) >= 11 is 1.20. The number of rotatable bonds is 5. The average molecular weight is 347 g/mol. The van der Waals surface area contributed by atoms with Crippen LogP contribution in [0.3, 0.4) is 0 Å². The Labute approximate surface area is 133 Å². The number of aromatic nitrogens is 1. The minimum atomic E-state index is -4.41. The van der Waals surface area contributed by atoms with Gasteiger partial charge < -0.3 is 5.32 Å². The van der Waals surface area contributed by atoms with Gasteiger partial charge in [-0.3, -0.25) is 5.32 Å². The largest absolute Gasteiger partial charge is 0.416 e. The first kappa shape index (κ1) is 17.2. The first-order chi connectivity index (χ1) is 10.9. The number of hydrogen-bond donors (Lipinski definition) is 3. The second kappa shape index (κ2) is 7.40. The molecule has 0 fully saturated rings.